The fourth-order valence-corrected chi connectivity index (χ4v) is 3.70. The Morgan fingerprint density at radius 1 is 1.35 bits per heavy atom. The summed E-state index contributed by atoms with van der Waals surface area (Å²) in [6.07, 6.45) is 1.18. The second kappa shape index (κ2) is 4.20. The van der Waals surface area contributed by atoms with Gasteiger partial charge in [0, 0.05) is 36.8 Å². The molecule has 92 valence electrons. The van der Waals surface area contributed by atoms with Gasteiger partial charge in [-0.2, -0.15) is 0 Å². The minimum atomic E-state index is -0.162. The summed E-state index contributed by atoms with van der Waals surface area (Å²) in [5.41, 5.74) is 1.64. The van der Waals surface area contributed by atoms with E-state index in [1.54, 1.807) is 6.07 Å². The second-order valence-electron chi connectivity index (χ2n) is 5.11. The van der Waals surface area contributed by atoms with Crippen LogP contribution in [0.2, 0.25) is 0 Å². The average Bonchev–Trinajstić information content (AvgIpc) is 2.30. The minimum Gasteiger partial charge on any atom is -0.391 e. The Balaban J connectivity index is 2.09. The molecule has 1 saturated heterocycles. The van der Waals surface area contributed by atoms with Crippen molar-refractivity contribution in [1.82, 2.24) is 9.24 Å². The number of aromatic nitrogens is 1. The third kappa shape index (κ3) is 1.85. The van der Waals surface area contributed by atoms with Crippen molar-refractivity contribution < 1.29 is 5.11 Å². The standard InChI is InChI=1S/C12H17N2O2P/c15-7-9-1-2-11-10-3-8(4-13(17)6-10)5-14(11)12(9)16/h1-2,8,10,15H,3-7,17H2. The van der Waals surface area contributed by atoms with Crippen molar-refractivity contribution in [2.24, 2.45) is 5.92 Å². The zero-order valence-corrected chi connectivity index (χ0v) is 10.8. The molecule has 4 nitrogen and oxygen atoms in total. The Morgan fingerprint density at radius 2 is 2.18 bits per heavy atom. The lowest BCUT2D eigenvalue weighted by atomic mass is 9.84. The molecule has 0 saturated carbocycles. The monoisotopic (exact) mass is 252 g/mol. The molecule has 0 aliphatic carbocycles. The number of pyridine rings is 1. The highest BCUT2D eigenvalue weighted by Gasteiger charge is 2.33. The summed E-state index contributed by atoms with van der Waals surface area (Å²) in [5.74, 6) is 1.02. The van der Waals surface area contributed by atoms with E-state index < -0.39 is 0 Å². The van der Waals surface area contributed by atoms with Crippen LogP contribution in [0, 0.1) is 5.92 Å². The molecule has 5 heteroatoms. The number of hydrogen-bond acceptors (Lipinski definition) is 3. The van der Waals surface area contributed by atoms with E-state index in [1.807, 2.05) is 10.6 Å². The zero-order chi connectivity index (χ0) is 12.0. The summed E-state index contributed by atoms with van der Waals surface area (Å²) < 4.78 is 4.15. The van der Waals surface area contributed by atoms with Gasteiger partial charge in [0.2, 0.25) is 0 Å². The van der Waals surface area contributed by atoms with Crippen LogP contribution >= 0.6 is 9.39 Å². The Hall–Kier alpha value is -0.700. The van der Waals surface area contributed by atoms with Crippen LogP contribution in [-0.2, 0) is 13.2 Å². The van der Waals surface area contributed by atoms with Crippen LogP contribution < -0.4 is 5.56 Å². The second-order valence-corrected chi connectivity index (χ2v) is 5.84. The largest absolute Gasteiger partial charge is 0.391 e. The third-order valence-electron chi connectivity index (χ3n) is 3.88. The Morgan fingerprint density at radius 3 is 2.94 bits per heavy atom. The number of nitrogens with zero attached hydrogens (tertiary/aromatic N) is 2. The average molecular weight is 252 g/mol. The Bertz CT molecular complexity index is 500. The maximum absolute atomic E-state index is 12.1. The van der Waals surface area contributed by atoms with Gasteiger partial charge >= 0.3 is 0 Å². The van der Waals surface area contributed by atoms with E-state index in [-0.39, 0.29) is 12.2 Å². The predicted molar refractivity (Wildman–Crippen MR) is 68.8 cm³/mol. The SMILES string of the molecule is O=c1c(CO)ccc2n1CC1CC2CN(P)C1. The number of fused-ring (bicyclic) bond motifs is 4. The van der Waals surface area contributed by atoms with Crippen LogP contribution in [0.1, 0.15) is 23.6 Å². The topological polar surface area (TPSA) is 45.5 Å². The lowest BCUT2D eigenvalue weighted by Gasteiger charge is -2.41. The molecule has 2 aliphatic rings. The van der Waals surface area contributed by atoms with Crippen molar-refractivity contribution in [2.45, 2.75) is 25.5 Å². The molecule has 3 unspecified atom stereocenters. The first-order valence-electron chi connectivity index (χ1n) is 6.02. The van der Waals surface area contributed by atoms with Crippen molar-refractivity contribution in [3.63, 3.8) is 0 Å². The molecule has 1 fully saturated rings. The van der Waals surface area contributed by atoms with Gasteiger partial charge in [0.15, 0.2) is 0 Å². The summed E-state index contributed by atoms with van der Waals surface area (Å²) in [5, 5.41) is 9.14. The van der Waals surface area contributed by atoms with Crippen LogP contribution in [-0.4, -0.2) is 27.4 Å². The third-order valence-corrected chi connectivity index (χ3v) is 4.30. The summed E-state index contributed by atoms with van der Waals surface area (Å²) in [4.78, 5) is 12.1. The first kappa shape index (κ1) is 11.4. The van der Waals surface area contributed by atoms with Crippen LogP contribution in [0.5, 0.6) is 0 Å². The number of rotatable bonds is 1. The molecule has 0 spiro atoms. The van der Waals surface area contributed by atoms with Crippen molar-refractivity contribution in [3.8, 4) is 0 Å². The van der Waals surface area contributed by atoms with E-state index in [4.69, 9.17) is 5.11 Å². The summed E-state index contributed by atoms with van der Waals surface area (Å²) in [7, 11) is 2.77. The highest BCUT2D eigenvalue weighted by atomic mass is 31.0. The molecule has 1 N–H and O–H groups in total. The molecule has 0 aromatic carbocycles. The molecule has 2 bridgehead atoms. The number of hydrogen-bond donors (Lipinski definition) is 1. The molecule has 0 amide bonds. The smallest absolute Gasteiger partial charge is 0.256 e. The lowest BCUT2D eigenvalue weighted by molar-refractivity contribution is 0.194. The molecular weight excluding hydrogens is 235 g/mol. The van der Waals surface area contributed by atoms with Gasteiger partial charge in [-0.15, -0.1) is 0 Å². The quantitative estimate of drug-likeness (QED) is 0.742. The molecule has 1 aromatic heterocycles. The zero-order valence-electron chi connectivity index (χ0n) is 9.67. The van der Waals surface area contributed by atoms with Gasteiger partial charge in [-0.25, -0.2) is 0 Å². The van der Waals surface area contributed by atoms with E-state index in [2.05, 4.69) is 14.1 Å². The number of piperidine rings is 1. The van der Waals surface area contributed by atoms with Crippen molar-refractivity contribution in [3.05, 3.63) is 33.7 Å². The van der Waals surface area contributed by atoms with Crippen LogP contribution in [0.15, 0.2) is 16.9 Å². The summed E-state index contributed by atoms with van der Waals surface area (Å²) in [6.45, 7) is 2.67. The van der Waals surface area contributed by atoms with Gasteiger partial charge in [0.1, 0.15) is 0 Å². The summed E-state index contributed by atoms with van der Waals surface area (Å²) >= 11 is 0. The van der Waals surface area contributed by atoms with Crippen molar-refractivity contribution in [2.75, 3.05) is 13.1 Å². The van der Waals surface area contributed by atoms with Gasteiger partial charge in [-0.3, -0.25) is 9.46 Å². The molecule has 3 heterocycles. The fraction of sp³-hybridized carbons (Fsp3) is 0.583. The Labute approximate surface area is 103 Å². The van der Waals surface area contributed by atoms with Crippen molar-refractivity contribution >= 4 is 9.39 Å². The normalized spacial score (nSPS) is 27.9. The van der Waals surface area contributed by atoms with Crippen LogP contribution in [0.3, 0.4) is 0 Å². The van der Waals surface area contributed by atoms with Crippen LogP contribution in [0.4, 0.5) is 0 Å². The molecule has 1 aromatic rings. The molecule has 2 aliphatic heterocycles. The predicted octanol–water partition coefficient (Wildman–Crippen LogP) is 0.550. The van der Waals surface area contributed by atoms with Crippen LogP contribution in [0.25, 0.3) is 0 Å². The minimum absolute atomic E-state index is 0.00286. The maximum Gasteiger partial charge on any atom is 0.256 e. The highest BCUT2D eigenvalue weighted by molar-refractivity contribution is 7.13. The molecule has 3 rings (SSSR count). The molecule has 0 radical (unpaired) electrons. The van der Waals surface area contributed by atoms with E-state index >= 15 is 0 Å². The number of aliphatic hydroxyl groups is 1. The summed E-state index contributed by atoms with van der Waals surface area (Å²) in [6, 6.07) is 3.79. The van der Waals surface area contributed by atoms with Gasteiger partial charge in [0.25, 0.3) is 5.56 Å². The first-order valence-corrected chi connectivity index (χ1v) is 6.53. The Kier molecular flexibility index (Phi) is 2.81. The van der Waals surface area contributed by atoms with E-state index in [9.17, 15) is 4.79 Å². The highest BCUT2D eigenvalue weighted by Crippen LogP contribution is 2.36. The fourth-order valence-electron chi connectivity index (χ4n) is 3.15. The first-order chi connectivity index (χ1) is 8.19. The lowest BCUT2D eigenvalue weighted by Crippen LogP contribution is -2.44. The van der Waals surface area contributed by atoms with Crippen molar-refractivity contribution in [1.29, 1.82) is 0 Å². The van der Waals surface area contributed by atoms with E-state index in [0.717, 1.165) is 25.3 Å². The molecular formula is C12H17N2O2P. The van der Waals surface area contributed by atoms with Gasteiger partial charge in [-0.05, 0) is 24.5 Å². The maximum atomic E-state index is 12.1. The van der Waals surface area contributed by atoms with Gasteiger partial charge < -0.3 is 9.67 Å². The van der Waals surface area contributed by atoms with E-state index in [1.165, 1.54) is 6.42 Å². The van der Waals surface area contributed by atoms with E-state index in [0.29, 0.717) is 17.4 Å². The van der Waals surface area contributed by atoms with Gasteiger partial charge in [-0.1, -0.05) is 9.39 Å². The molecule has 3 atom stereocenters. The number of aliphatic hydroxyl groups excluding tert-OH is 1. The van der Waals surface area contributed by atoms with Gasteiger partial charge in [0.05, 0.1) is 6.61 Å². The molecule has 17 heavy (non-hydrogen) atoms.